The molecule has 204 valence electrons. The Kier molecular flexibility index (Phi) is 7.70. The van der Waals surface area contributed by atoms with Gasteiger partial charge in [-0.05, 0) is 63.1 Å². The summed E-state index contributed by atoms with van der Waals surface area (Å²) < 4.78 is 18.1. The van der Waals surface area contributed by atoms with Crippen molar-refractivity contribution in [1.82, 2.24) is 9.97 Å². The standard InChI is InChI=1S/C28H31N5O6/c1-15-16(2)25-23(17(3)24(15)38-18(4)34)22(33-36-6)11-28(5,39-25)14-37-21-9-7-20(8-10-21)32-26(35)19-12-30-27(29)31-13-19/h7-10,12-13H,11,14H2,1-6H3,(H,32,35)(H2,29,30,31). The summed E-state index contributed by atoms with van der Waals surface area (Å²) in [7, 11) is 1.49. The van der Waals surface area contributed by atoms with Gasteiger partial charge >= 0.3 is 5.97 Å². The number of rotatable bonds is 7. The van der Waals surface area contributed by atoms with Gasteiger partial charge in [-0.25, -0.2) is 9.97 Å². The second kappa shape index (κ2) is 11.0. The van der Waals surface area contributed by atoms with Crippen LogP contribution >= 0.6 is 0 Å². The zero-order valence-corrected chi connectivity index (χ0v) is 22.7. The van der Waals surface area contributed by atoms with Gasteiger partial charge in [0, 0.05) is 42.6 Å². The van der Waals surface area contributed by atoms with E-state index in [2.05, 4.69) is 20.4 Å². The predicted molar refractivity (Wildman–Crippen MR) is 145 cm³/mol. The number of carbonyl (C=O) groups excluding carboxylic acids is 2. The zero-order valence-electron chi connectivity index (χ0n) is 22.7. The minimum absolute atomic E-state index is 0.0972. The summed E-state index contributed by atoms with van der Waals surface area (Å²) in [4.78, 5) is 36.9. The topological polar surface area (TPSA) is 147 Å². The molecule has 11 heteroatoms. The number of oxime groups is 1. The van der Waals surface area contributed by atoms with Crippen molar-refractivity contribution in [2.24, 2.45) is 5.16 Å². The molecule has 4 rings (SSSR count). The smallest absolute Gasteiger partial charge is 0.308 e. The Labute approximate surface area is 226 Å². The lowest BCUT2D eigenvalue weighted by molar-refractivity contribution is -0.132. The normalized spacial score (nSPS) is 17.1. The fourth-order valence-electron chi connectivity index (χ4n) is 4.39. The highest BCUT2D eigenvalue weighted by molar-refractivity contribution is 6.06. The largest absolute Gasteiger partial charge is 0.489 e. The molecule has 1 atom stereocenters. The number of hydrogen-bond acceptors (Lipinski definition) is 10. The maximum Gasteiger partial charge on any atom is 0.308 e. The molecule has 39 heavy (non-hydrogen) atoms. The van der Waals surface area contributed by atoms with Crippen molar-refractivity contribution in [2.45, 2.75) is 46.6 Å². The summed E-state index contributed by atoms with van der Waals surface area (Å²) in [6.07, 6.45) is 3.12. The van der Waals surface area contributed by atoms with Gasteiger partial charge in [0.05, 0.1) is 11.3 Å². The molecule has 2 aromatic carbocycles. The molecule has 0 fully saturated rings. The highest BCUT2D eigenvalue weighted by atomic mass is 16.6. The third-order valence-electron chi connectivity index (χ3n) is 6.40. The van der Waals surface area contributed by atoms with Gasteiger partial charge in [-0.15, -0.1) is 0 Å². The number of carbonyl (C=O) groups is 2. The first-order chi connectivity index (χ1) is 18.5. The molecule has 1 amide bonds. The molecule has 1 aromatic heterocycles. The molecule has 1 aliphatic heterocycles. The zero-order chi connectivity index (χ0) is 28.3. The van der Waals surface area contributed by atoms with Gasteiger partial charge in [-0.3, -0.25) is 9.59 Å². The van der Waals surface area contributed by atoms with Gasteiger partial charge in [0.15, 0.2) is 0 Å². The van der Waals surface area contributed by atoms with E-state index in [9.17, 15) is 9.59 Å². The molecule has 1 aliphatic rings. The lowest BCUT2D eigenvalue weighted by Gasteiger charge is -2.38. The lowest BCUT2D eigenvalue weighted by Crippen LogP contribution is -2.45. The Morgan fingerprint density at radius 2 is 1.77 bits per heavy atom. The minimum Gasteiger partial charge on any atom is -0.489 e. The molecule has 0 saturated heterocycles. The van der Waals surface area contributed by atoms with Crippen LogP contribution in [0.25, 0.3) is 0 Å². The number of aromatic nitrogens is 2. The van der Waals surface area contributed by atoms with Crippen LogP contribution in [0.4, 0.5) is 11.6 Å². The van der Waals surface area contributed by atoms with Crippen LogP contribution in [0.3, 0.4) is 0 Å². The summed E-state index contributed by atoms with van der Waals surface area (Å²) in [6, 6.07) is 6.97. The number of hydrogen-bond donors (Lipinski definition) is 2. The van der Waals surface area contributed by atoms with Crippen LogP contribution in [0, 0.1) is 20.8 Å². The maximum atomic E-state index is 12.4. The van der Waals surface area contributed by atoms with E-state index in [0.717, 1.165) is 22.3 Å². The molecular weight excluding hydrogens is 502 g/mol. The molecule has 0 spiro atoms. The summed E-state index contributed by atoms with van der Waals surface area (Å²) in [6.45, 7) is 9.21. The van der Waals surface area contributed by atoms with Gasteiger partial charge in [0.1, 0.15) is 36.6 Å². The molecule has 0 radical (unpaired) electrons. The van der Waals surface area contributed by atoms with E-state index in [1.54, 1.807) is 24.3 Å². The van der Waals surface area contributed by atoms with Crippen LogP contribution < -0.4 is 25.3 Å². The molecular formula is C28H31N5O6. The Hall–Kier alpha value is -4.67. The number of benzene rings is 2. The van der Waals surface area contributed by atoms with Crippen LogP contribution in [-0.2, 0) is 9.63 Å². The quantitative estimate of drug-likeness (QED) is 0.260. The summed E-state index contributed by atoms with van der Waals surface area (Å²) >= 11 is 0. The van der Waals surface area contributed by atoms with E-state index in [-0.39, 0.29) is 18.5 Å². The minimum atomic E-state index is -0.765. The molecule has 3 aromatic rings. The number of esters is 1. The number of nitrogen functional groups attached to an aromatic ring is 1. The van der Waals surface area contributed by atoms with Crippen LogP contribution in [0.2, 0.25) is 0 Å². The molecule has 0 aliphatic carbocycles. The van der Waals surface area contributed by atoms with Crippen molar-refractivity contribution in [1.29, 1.82) is 0 Å². The SMILES string of the molecule is CON=C1CC(C)(COc2ccc(NC(=O)c3cnc(N)nc3)cc2)Oc2c(C)c(C)c(OC(C)=O)c(C)c21. The van der Waals surface area contributed by atoms with Crippen molar-refractivity contribution in [3.63, 3.8) is 0 Å². The number of fused-ring (bicyclic) bond motifs is 1. The van der Waals surface area contributed by atoms with Gasteiger partial charge in [0.25, 0.3) is 5.91 Å². The van der Waals surface area contributed by atoms with Crippen LogP contribution in [-0.4, -0.2) is 46.9 Å². The average molecular weight is 534 g/mol. The highest BCUT2D eigenvalue weighted by Crippen LogP contribution is 2.44. The van der Waals surface area contributed by atoms with E-state index in [4.69, 9.17) is 24.8 Å². The maximum absolute atomic E-state index is 12.4. The first-order valence-corrected chi connectivity index (χ1v) is 12.2. The van der Waals surface area contributed by atoms with Gasteiger partial charge in [0.2, 0.25) is 5.95 Å². The molecule has 1 unspecified atom stereocenters. The van der Waals surface area contributed by atoms with Crippen molar-refractivity contribution in [3.8, 4) is 17.2 Å². The number of nitrogens with zero attached hydrogens (tertiary/aromatic N) is 3. The summed E-state index contributed by atoms with van der Waals surface area (Å²) in [5.41, 5.74) is 9.41. The molecule has 3 N–H and O–H groups in total. The second-order valence-corrected chi connectivity index (χ2v) is 9.55. The lowest BCUT2D eigenvalue weighted by atomic mass is 9.86. The molecule has 0 bridgehead atoms. The Morgan fingerprint density at radius 1 is 1.10 bits per heavy atom. The first kappa shape index (κ1) is 27.4. The van der Waals surface area contributed by atoms with Crippen molar-refractivity contribution in [3.05, 3.63) is 64.5 Å². The fourth-order valence-corrected chi connectivity index (χ4v) is 4.39. The van der Waals surface area contributed by atoms with E-state index in [0.29, 0.717) is 40.6 Å². The number of ether oxygens (including phenoxy) is 3. The summed E-state index contributed by atoms with van der Waals surface area (Å²) in [5, 5.41) is 7.06. The van der Waals surface area contributed by atoms with Crippen molar-refractivity contribution < 1.29 is 28.6 Å². The van der Waals surface area contributed by atoms with Crippen LogP contribution in [0.1, 0.15) is 52.9 Å². The fraction of sp³-hybridized carbons (Fsp3) is 0.321. The Balaban J connectivity index is 1.51. The summed E-state index contributed by atoms with van der Waals surface area (Å²) in [5.74, 6) is 1.10. The van der Waals surface area contributed by atoms with E-state index in [1.165, 1.54) is 26.4 Å². The predicted octanol–water partition coefficient (Wildman–Crippen LogP) is 4.13. The monoisotopic (exact) mass is 533 g/mol. The number of amides is 1. The van der Waals surface area contributed by atoms with Gasteiger partial charge < -0.3 is 30.1 Å². The van der Waals surface area contributed by atoms with E-state index < -0.39 is 11.6 Å². The van der Waals surface area contributed by atoms with Crippen molar-refractivity contribution in [2.75, 3.05) is 24.8 Å². The van der Waals surface area contributed by atoms with E-state index in [1.807, 2.05) is 27.7 Å². The molecule has 2 heterocycles. The number of anilines is 2. The Bertz CT molecular complexity index is 1440. The molecule has 0 saturated carbocycles. The second-order valence-electron chi connectivity index (χ2n) is 9.55. The highest BCUT2D eigenvalue weighted by Gasteiger charge is 2.40. The van der Waals surface area contributed by atoms with Gasteiger partial charge in [-0.1, -0.05) is 5.16 Å². The van der Waals surface area contributed by atoms with Crippen molar-refractivity contribution >= 4 is 29.2 Å². The third-order valence-corrected chi connectivity index (χ3v) is 6.40. The first-order valence-electron chi connectivity index (χ1n) is 12.2. The van der Waals surface area contributed by atoms with E-state index >= 15 is 0 Å². The van der Waals surface area contributed by atoms with Gasteiger partial charge in [-0.2, -0.15) is 0 Å². The average Bonchev–Trinajstić information content (AvgIpc) is 2.89. The molecule has 11 nitrogen and oxygen atoms in total. The van der Waals surface area contributed by atoms with Crippen LogP contribution in [0.5, 0.6) is 17.2 Å². The van der Waals surface area contributed by atoms with Crippen LogP contribution in [0.15, 0.2) is 41.8 Å². The Morgan fingerprint density at radius 3 is 2.38 bits per heavy atom. The number of nitrogens with two attached hydrogens (primary N) is 1. The number of nitrogens with one attached hydrogen (secondary N) is 1. The third kappa shape index (κ3) is 5.92.